The first-order valence-electron chi connectivity index (χ1n) is 12.4. The number of benzene rings is 2. The van der Waals surface area contributed by atoms with E-state index in [4.69, 9.17) is 9.47 Å². The fourth-order valence-corrected chi connectivity index (χ4v) is 6.44. The number of fused-ring (bicyclic) bond motifs is 1. The van der Waals surface area contributed by atoms with Crippen LogP contribution in [-0.2, 0) is 15.9 Å². The van der Waals surface area contributed by atoms with Gasteiger partial charge in [0.1, 0.15) is 5.75 Å². The Morgan fingerprint density at radius 1 is 0.906 bits per heavy atom. The molecule has 1 aliphatic heterocycles. The number of nitrogens with zero attached hydrogens (tertiary/aromatic N) is 1. The standard InChI is InChI=1S/C28H37NO3/c1-31-28(32-2)21-14-16-29(17-15-21)23-9-6-20(7-10-23)27-25(19-4-3-5-19)12-8-22-18-24(30)11-13-26(22)27/h6-7,9-11,13,18-19,21,25,27-28,30H,3-5,8,12,14-17H2,1-2H3/t25-,27+/m1/s1. The van der Waals surface area contributed by atoms with Crippen molar-refractivity contribution in [2.75, 3.05) is 32.2 Å². The molecular weight excluding hydrogens is 398 g/mol. The van der Waals surface area contributed by atoms with Crippen molar-refractivity contribution in [2.24, 2.45) is 17.8 Å². The van der Waals surface area contributed by atoms with E-state index in [1.165, 1.54) is 48.1 Å². The van der Waals surface area contributed by atoms with Crippen LogP contribution in [0.25, 0.3) is 0 Å². The number of piperidine rings is 1. The lowest BCUT2D eigenvalue weighted by atomic mass is 9.62. The molecule has 172 valence electrons. The van der Waals surface area contributed by atoms with Crippen LogP contribution >= 0.6 is 0 Å². The minimum absolute atomic E-state index is 0.0891. The van der Waals surface area contributed by atoms with Crippen LogP contribution in [0.5, 0.6) is 5.75 Å². The topological polar surface area (TPSA) is 41.9 Å². The third kappa shape index (κ3) is 4.15. The molecule has 2 aromatic carbocycles. The summed E-state index contributed by atoms with van der Waals surface area (Å²) in [7, 11) is 3.47. The van der Waals surface area contributed by atoms with Crippen molar-refractivity contribution < 1.29 is 14.6 Å². The van der Waals surface area contributed by atoms with Gasteiger partial charge in [0.15, 0.2) is 6.29 Å². The summed E-state index contributed by atoms with van der Waals surface area (Å²) in [4.78, 5) is 2.50. The number of aryl methyl sites for hydroxylation is 1. The lowest BCUT2D eigenvalue weighted by Gasteiger charge is -2.43. The van der Waals surface area contributed by atoms with Crippen LogP contribution in [0.15, 0.2) is 42.5 Å². The molecule has 32 heavy (non-hydrogen) atoms. The van der Waals surface area contributed by atoms with Gasteiger partial charge in [0.25, 0.3) is 0 Å². The Hall–Kier alpha value is -2.04. The third-order valence-electron chi connectivity index (χ3n) is 8.40. The number of ether oxygens (including phenoxy) is 2. The minimum atomic E-state index is -0.0891. The predicted octanol–water partition coefficient (Wildman–Crippen LogP) is 5.72. The van der Waals surface area contributed by atoms with Crippen LogP contribution in [0.2, 0.25) is 0 Å². The molecule has 2 aromatic rings. The van der Waals surface area contributed by atoms with Gasteiger partial charge < -0.3 is 19.5 Å². The highest BCUT2D eigenvalue weighted by atomic mass is 16.7. The fourth-order valence-electron chi connectivity index (χ4n) is 6.44. The van der Waals surface area contributed by atoms with Gasteiger partial charge in [-0.05, 0) is 78.5 Å². The smallest absolute Gasteiger partial charge is 0.159 e. The number of anilines is 1. The van der Waals surface area contributed by atoms with Crippen LogP contribution in [-0.4, -0.2) is 38.7 Å². The van der Waals surface area contributed by atoms with Crippen molar-refractivity contribution >= 4 is 5.69 Å². The summed E-state index contributed by atoms with van der Waals surface area (Å²) in [6.45, 7) is 2.09. The Morgan fingerprint density at radius 2 is 1.62 bits per heavy atom. The lowest BCUT2D eigenvalue weighted by Crippen LogP contribution is -2.39. The average molecular weight is 436 g/mol. The maximum atomic E-state index is 10.0. The summed E-state index contributed by atoms with van der Waals surface area (Å²) >= 11 is 0. The number of aromatic hydroxyl groups is 1. The molecule has 1 saturated carbocycles. The molecule has 1 N–H and O–H groups in total. The number of phenolic OH excluding ortho intramolecular Hbond substituents is 1. The molecule has 1 saturated heterocycles. The van der Waals surface area contributed by atoms with Crippen LogP contribution in [0.1, 0.15) is 61.1 Å². The quantitative estimate of drug-likeness (QED) is 0.589. The second kappa shape index (κ2) is 9.44. The van der Waals surface area contributed by atoms with Crippen molar-refractivity contribution in [2.45, 2.75) is 57.2 Å². The molecule has 2 aliphatic carbocycles. The fraction of sp³-hybridized carbons (Fsp3) is 0.571. The molecule has 3 aliphatic rings. The van der Waals surface area contributed by atoms with E-state index in [0.29, 0.717) is 17.6 Å². The van der Waals surface area contributed by atoms with Crippen molar-refractivity contribution in [1.29, 1.82) is 0 Å². The van der Waals surface area contributed by atoms with Crippen molar-refractivity contribution in [3.05, 3.63) is 59.2 Å². The maximum absolute atomic E-state index is 10.0. The van der Waals surface area contributed by atoms with E-state index in [1.807, 2.05) is 12.1 Å². The van der Waals surface area contributed by atoms with Crippen molar-refractivity contribution in [1.82, 2.24) is 0 Å². The molecule has 1 heterocycles. The normalized spacial score (nSPS) is 24.4. The molecule has 5 rings (SSSR count). The number of hydrogen-bond donors (Lipinski definition) is 1. The molecule has 0 bridgehead atoms. The lowest BCUT2D eigenvalue weighted by molar-refractivity contribution is -0.141. The monoisotopic (exact) mass is 435 g/mol. The minimum Gasteiger partial charge on any atom is -0.508 e. The van der Waals surface area contributed by atoms with Gasteiger partial charge in [0.2, 0.25) is 0 Å². The number of methoxy groups -OCH3 is 2. The molecule has 0 aromatic heterocycles. The van der Waals surface area contributed by atoms with Crippen molar-refractivity contribution in [3.8, 4) is 5.75 Å². The zero-order valence-electron chi connectivity index (χ0n) is 19.5. The van der Waals surface area contributed by atoms with Crippen molar-refractivity contribution in [3.63, 3.8) is 0 Å². The van der Waals surface area contributed by atoms with E-state index in [2.05, 4.69) is 35.2 Å². The first kappa shape index (κ1) is 21.8. The molecule has 2 fully saturated rings. The van der Waals surface area contributed by atoms with Gasteiger partial charge in [-0.25, -0.2) is 0 Å². The highest BCUT2D eigenvalue weighted by Crippen LogP contribution is 2.50. The molecule has 0 amide bonds. The Kier molecular flexibility index (Phi) is 6.43. The molecule has 0 radical (unpaired) electrons. The number of rotatable bonds is 6. The zero-order valence-corrected chi connectivity index (χ0v) is 19.5. The second-order valence-electron chi connectivity index (χ2n) is 10.0. The predicted molar refractivity (Wildman–Crippen MR) is 128 cm³/mol. The van der Waals surface area contributed by atoms with E-state index in [0.717, 1.165) is 44.2 Å². The van der Waals surface area contributed by atoms with Gasteiger partial charge in [-0.1, -0.05) is 37.5 Å². The molecule has 2 atom stereocenters. The SMILES string of the molecule is COC(OC)C1CCN(c2ccc([C@@H]3c4ccc(O)cc4CC[C@@H]3C3CCC3)cc2)CC1. The first-order chi connectivity index (χ1) is 15.7. The van der Waals surface area contributed by atoms with E-state index in [1.54, 1.807) is 14.2 Å². The Labute approximate surface area is 192 Å². The summed E-state index contributed by atoms with van der Waals surface area (Å²) in [5.74, 6) is 2.90. The number of hydrogen-bond acceptors (Lipinski definition) is 4. The summed E-state index contributed by atoms with van der Waals surface area (Å²) in [5.41, 5.74) is 5.53. The van der Waals surface area contributed by atoms with E-state index < -0.39 is 0 Å². The summed E-state index contributed by atoms with van der Waals surface area (Å²) in [5, 5.41) is 10.0. The van der Waals surface area contributed by atoms with Gasteiger partial charge in [-0.15, -0.1) is 0 Å². The molecule has 0 unspecified atom stereocenters. The van der Waals surface area contributed by atoms with Gasteiger partial charge in [-0.3, -0.25) is 0 Å². The molecular formula is C28H37NO3. The van der Waals surface area contributed by atoms with Crippen LogP contribution < -0.4 is 4.90 Å². The highest BCUT2D eigenvalue weighted by molar-refractivity contribution is 5.51. The first-order valence-corrected chi connectivity index (χ1v) is 12.4. The highest BCUT2D eigenvalue weighted by Gasteiger charge is 2.38. The molecule has 4 heteroatoms. The van der Waals surface area contributed by atoms with Crippen LogP contribution in [0.3, 0.4) is 0 Å². The number of phenols is 1. The molecule has 4 nitrogen and oxygen atoms in total. The van der Waals surface area contributed by atoms with Crippen LogP contribution in [0.4, 0.5) is 5.69 Å². The maximum Gasteiger partial charge on any atom is 0.159 e. The average Bonchev–Trinajstić information content (AvgIpc) is 2.79. The Balaban J connectivity index is 1.35. The Bertz CT molecular complexity index is 895. The van der Waals surface area contributed by atoms with Gasteiger partial charge in [-0.2, -0.15) is 0 Å². The Morgan fingerprint density at radius 3 is 2.25 bits per heavy atom. The van der Waals surface area contributed by atoms with Crippen LogP contribution in [0, 0.1) is 17.8 Å². The third-order valence-corrected chi connectivity index (χ3v) is 8.40. The second-order valence-corrected chi connectivity index (χ2v) is 10.0. The van der Waals surface area contributed by atoms with E-state index >= 15 is 0 Å². The summed E-state index contributed by atoms with van der Waals surface area (Å²) in [6.07, 6.45) is 8.58. The summed E-state index contributed by atoms with van der Waals surface area (Å²) in [6, 6.07) is 15.4. The van der Waals surface area contributed by atoms with E-state index in [9.17, 15) is 5.11 Å². The largest absolute Gasteiger partial charge is 0.508 e. The van der Waals surface area contributed by atoms with E-state index in [-0.39, 0.29) is 6.29 Å². The zero-order chi connectivity index (χ0) is 22.1. The summed E-state index contributed by atoms with van der Waals surface area (Å²) < 4.78 is 11.0. The van der Waals surface area contributed by atoms with Gasteiger partial charge in [0.05, 0.1) is 0 Å². The van der Waals surface area contributed by atoms with Gasteiger partial charge in [0, 0.05) is 44.8 Å². The van der Waals surface area contributed by atoms with Gasteiger partial charge >= 0.3 is 0 Å². The molecule has 0 spiro atoms.